The van der Waals surface area contributed by atoms with Crippen LogP contribution in [0.15, 0.2) is 96.2 Å². The molecule has 230 valence electrons. The number of carbonyl (C=O) groups is 1. The molecule has 5 rings (SSSR count). The first kappa shape index (κ1) is 31.5. The molecule has 12 heteroatoms. The third-order valence-electron chi connectivity index (χ3n) is 7.47. The summed E-state index contributed by atoms with van der Waals surface area (Å²) in [6.45, 7) is 1.21. The van der Waals surface area contributed by atoms with Crippen molar-refractivity contribution in [3.8, 4) is 0 Å². The largest absolute Gasteiger partial charge is 0.372 e. The number of aromatic nitrogens is 1. The van der Waals surface area contributed by atoms with Crippen molar-refractivity contribution in [3.63, 3.8) is 0 Å². The second-order valence-corrected chi connectivity index (χ2v) is 12.8. The second kappa shape index (κ2) is 14.3. The van der Waals surface area contributed by atoms with E-state index in [0.717, 1.165) is 11.8 Å². The fourth-order valence-electron chi connectivity index (χ4n) is 5.23. The van der Waals surface area contributed by atoms with Crippen LogP contribution in [-0.4, -0.2) is 55.3 Å². The molecule has 2 heterocycles. The number of sulfonamides is 1. The van der Waals surface area contributed by atoms with Crippen LogP contribution in [0.5, 0.6) is 0 Å². The van der Waals surface area contributed by atoms with Crippen LogP contribution in [0.3, 0.4) is 0 Å². The van der Waals surface area contributed by atoms with Gasteiger partial charge in [0.2, 0.25) is 15.9 Å². The molecule has 1 aromatic heterocycles. The SMILES string of the molecule is O=C(Nc1cccc(F)c1)[C@H](Cc1ccc(Cl)cc1)Nc1cncc(F)c1CC[C@H]1CNCCN1S(=O)(=O)c1ccccc1. The number of carbonyl (C=O) groups excluding carboxylic acids is 1. The van der Waals surface area contributed by atoms with E-state index in [1.54, 1.807) is 60.7 Å². The number of amides is 1. The number of piperazine rings is 1. The molecule has 0 radical (unpaired) electrons. The van der Waals surface area contributed by atoms with Crippen molar-refractivity contribution in [2.75, 3.05) is 30.3 Å². The molecule has 0 saturated carbocycles. The van der Waals surface area contributed by atoms with Crippen molar-refractivity contribution >= 4 is 38.9 Å². The number of nitrogens with one attached hydrogen (secondary N) is 3. The molecule has 8 nitrogen and oxygen atoms in total. The number of pyridine rings is 1. The molecule has 3 N–H and O–H groups in total. The van der Waals surface area contributed by atoms with Crippen molar-refractivity contribution in [3.05, 3.63) is 119 Å². The van der Waals surface area contributed by atoms with Gasteiger partial charge in [-0.1, -0.05) is 48.0 Å². The van der Waals surface area contributed by atoms with Crippen molar-refractivity contribution in [2.45, 2.75) is 36.2 Å². The van der Waals surface area contributed by atoms with Gasteiger partial charge >= 0.3 is 0 Å². The Bertz CT molecular complexity index is 1690. The van der Waals surface area contributed by atoms with Gasteiger partial charge in [-0.3, -0.25) is 9.78 Å². The number of anilines is 2. The van der Waals surface area contributed by atoms with Gasteiger partial charge in [-0.15, -0.1) is 0 Å². The topological polar surface area (TPSA) is 103 Å². The number of benzene rings is 3. The summed E-state index contributed by atoms with van der Waals surface area (Å²) < 4.78 is 57.5. The van der Waals surface area contributed by atoms with Gasteiger partial charge in [0, 0.05) is 48.4 Å². The van der Waals surface area contributed by atoms with Crippen molar-refractivity contribution in [1.29, 1.82) is 0 Å². The minimum Gasteiger partial charge on any atom is -0.372 e. The molecule has 2 atom stereocenters. The highest BCUT2D eigenvalue weighted by atomic mass is 35.5. The molecule has 4 aromatic rings. The van der Waals surface area contributed by atoms with Gasteiger partial charge in [0.25, 0.3) is 0 Å². The second-order valence-electron chi connectivity index (χ2n) is 10.5. The quantitative estimate of drug-likeness (QED) is 0.207. The molecule has 0 bridgehead atoms. The first-order valence-corrected chi connectivity index (χ1v) is 16.0. The van der Waals surface area contributed by atoms with Crippen molar-refractivity contribution in [1.82, 2.24) is 14.6 Å². The molecule has 1 fully saturated rings. The lowest BCUT2D eigenvalue weighted by molar-refractivity contribution is -0.116. The molecular weight excluding hydrogens is 608 g/mol. The minimum absolute atomic E-state index is 0.184. The third-order valence-corrected chi connectivity index (χ3v) is 9.69. The molecule has 3 aromatic carbocycles. The van der Waals surface area contributed by atoms with E-state index >= 15 is 4.39 Å². The summed E-state index contributed by atoms with van der Waals surface area (Å²) in [5.74, 6) is -1.54. The maximum atomic E-state index is 15.3. The van der Waals surface area contributed by atoms with Crippen LogP contribution in [0.25, 0.3) is 0 Å². The zero-order valence-electron chi connectivity index (χ0n) is 23.7. The number of hydrogen-bond acceptors (Lipinski definition) is 6. The molecule has 1 amide bonds. The predicted molar refractivity (Wildman–Crippen MR) is 167 cm³/mol. The van der Waals surface area contributed by atoms with Gasteiger partial charge in [-0.25, -0.2) is 17.2 Å². The summed E-state index contributed by atoms with van der Waals surface area (Å²) in [5.41, 5.74) is 1.66. The molecule has 0 unspecified atom stereocenters. The molecule has 1 saturated heterocycles. The maximum absolute atomic E-state index is 15.3. The maximum Gasteiger partial charge on any atom is 0.247 e. The van der Waals surface area contributed by atoms with Gasteiger partial charge in [-0.05, 0) is 60.9 Å². The Balaban J connectivity index is 1.38. The first-order chi connectivity index (χ1) is 21.2. The summed E-state index contributed by atoms with van der Waals surface area (Å²) in [5, 5.41) is 9.66. The Morgan fingerprint density at radius 1 is 1.05 bits per heavy atom. The van der Waals surface area contributed by atoms with Crippen molar-refractivity contribution in [2.24, 2.45) is 0 Å². The van der Waals surface area contributed by atoms with E-state index in [0.29, 0.717) is 30.2 Å². The highest BCUT2D eigenvalue weighted by molar-refractivity contribution is 7.89. The molecule has 0 aliphatic carbocycles. The van der Waals surface area contributed by atoms with E-state index in [1.807, 2.05) is 0 Å². The van der Waals surface area contributed by atoms with E-state index < -0.39 is 39.6 Å². The van der Waals surface area contributed by atoms with Crippen LogP contribution in [0.2, 0.25) is 5.02 Å². The number of hydrogen-bond donors (Lipinski definition) is 3. The zero-order chi connectivity index (χ0) is 31.1. The summed E-state index contributed by atoms with van der Waals surface area (Å²) >= 11 is 6.05. The van der Waals surface area contributed by atoms with Crippen LogP contribution >= 0.6 is 11.6 Å². The predicted octanol–water partition coefficient (Wildman–Crippen LogP) is 5.27. The first-order valence-electron chi connectivity index (χ1n) is 14.2. The molecular formula is C32H32ClF2N5O3S. The summed E-state index contributed by atoms with van der Waals surface area (Å²) in [6, 6.07) is 19.5. The van der Waals surface area contributed by atoms with Crippen LogP contribution < -0.4 is 16.0 Å². The van der Waals surface area contributed by atoms with Gasteiger partial charge in [-0.2, -0.15) is 4.31 Å². The third kappa shape index (κ3) is 7.78. The van der Waals surface area contributed by atoms with E-state index in [4.69, 9.17) is 11.6 Å². The summed E-state index contributed by atoms with van der Waals surface area (Å²) in [6.07, 6.45) is 3.26. The fraction of sp³-hybridized carbons (Fsp3) is 0.250. The Morgan fingerprint density at radius 3 is 2.57 bits per heavy atom. The standard InChI is InChI=1S/C32H32ClF2N5O3S/c33-23-11-9-22(10-12-23)17-30(32(41)38-25-6-4-5-24(34)18-25)39-31-21-37-20-29(35)28(31)14-13-26-19-36-15-16-40(26)44(42,43)27-7-2-1-3-8-27/h1-12,18,20-21,26,30,36,39H,13-17,19H2,(H,38,41)/t26-,30-/m0/s1. The Morgan fingerprint density at radius 2 is 1.82 bits per heavy atom. The van der Waals surface area contributed by atoms with Crippen LogP contribution in [0.1, 0.15) is 17.5 Å². The lowest BCUT2D eigenvalue weighted by Crippen LogP contribution is -2.53. The van der Waals surface area contributed by atoms with Crippen molar-refractivity contribution < 1.29 is 22.0 Å². The zero-order valence-corrected chi connectivity index (χ0v) is 25.3. The minimum atomic E-state index is -3.75. The lowest BCUT2D eigenvalue weighted by Gasteiger charge is -2.35. The molecule has 1 aliphatic heterocycles. The van der Waals surface area contributed by atoms with Gasteiger partial charge in [0.1, 0.15) is 17.7 Å². The Hall–Kier alpha value is -3.90. The number of nitrogens with zero attached hydrogens (tertiary/aromatic N) is 2. The average Bonchev–Trinajstić information content (AvgIpc) is 3.02. The van der Waals surface area contributed by atoms with E-state index in [1.165, 1.54) is 28.7 Å². The van der Waals surface area contributed by atoms with Gasteiger partial charge in [0.15, 0.2) is 0 Å². The smallest absolute Gasteiger partial charge is 0.247 e. The molecule has 44 heavy (non-hydrogen) atoms. The monoisotopic (exact) mass is 639 g/mol. The highest BCUT2D eigenvalue weighted by Crippen LogP contribution is 2.26. The normalized spacial score (nSPS) is 16.3. The Labute approximate surface area is 260 Å². The molecule has 0 spiro atoms. The van der Waals surface area contributed by atoms with E-state index in [2.05, 4.69) is 20.9 Å². The average molecular weight is 640 g/mol. The van der Waals surface area contributed by atoms with Gasteiger partial charge < -0.3 is 16.0 Å². The highest BCUT2D eigenvalue weighted by Gasteiger charge is 2.33. The van der Waals surface area contributed by atoms with E-state index in [9.17, 15) is 17.6 Å². The summed E-state index contributed by atoms with van der Waals surface area (Å²) in [7, 11) is -3.75. The number of rotatable bonds is 11. The van der Waals surface area contributed by atoms with E-state index in [-0.39, 0.29) is 35.5 Å². The number of halogens is 3. The summed E-state index contributed by atoms with van der Waals surface area (Å²) in [4.78, 5) is 17.7. The lowest BCUT2D eigenvalue weighted by atomic mass is 10.0. The van der Waals surface area contributed by atoms with Gasteiger partial charge in [0.05, 0.1) is 23.0 Å². The molecule has 1 aliphatic rings. The Kier molecular flexibility index (Phi) is 10.2. The van der Waals surface area contributed by atoms with Crippen LogP contribution in [0.4, 0.5) is 20.2 Å². The van der Waals surface area contributed by atoms with Crippen LogP contribution in [0, 0.1) is 11.6 Å². The fourth-order valence-corrected chi connectivity index (χ4v) is 7.03. The van der Waals surface area contributed by atoms with Crippen LogP contribution in [-0.2, 0) is 27.7 Å².